The zero-order valence-corrected chi connectivity index (χ0v) is 16.3. The monoisotopic (exact) mass is 402 g/mol. The van der Waals surface area contributed by atoms with E-state index in [1.165, 1.54) is 11.3 Å². The molecule has 0 radical (unpaired) electrons. The Kier molecular flexibility index (Phi) is 6.36. The van der Waals surface area contributed by atoms with Gasteiger partial charge in [-0.15, -0.1) is 11.3 Å². The molecule has 8 heteroatoms. The summed E-state index contributed by atoms with van der Waals surface area (Å²) in [5, 5.41) is 7.31. The molecule has 3 rings (SSSR count). The standard InChI is InChI=1S/C19H19ClN4O2S/c1-2-17(25)23-13(11-22-19(26)15-5-3-4-8-21-15)10-18-24-14-7-6-12(20)9-16(14)27-18/h3-9,13H,2,10-11H2,1H3,(H,22,26)(H,23,25)/t13-/m0/s1. The molecule has 2 amide bonds. The smallest absolute Gasteiger partial charge is 0.269 e. The lowest BCUT2D eigenvalue weighted by atomic mass is 10.2. The van der Waals surface area contributed by atoms with Gasteiger partial charge in [-0.2, -0.15) is 0 Å². The van der Waals surface area contributed by atoms with Crippen LogP contribution in [0.3, 0.4) is 0 Å². The van der Waals surface area contributed by atoms with Crippen molar-refractivity contribution in [3.05, 3.63) is 58.3 Å². The number of pyridine rings is 1. The lowest BCUT2D eigenvalue weighted by Crippen LogP contribution is -2.44. The highest BCUT2D eigenvalue weighted by molar-refractivity contribution is 7.18. The molecule has 0 aliphatic carbocycles. The lowest BCUT2D eigenvalue weighted by molar-refractivity contribution is -0.121. The molecule has 0 saturated heterocycles. The molecule has 0 bridgehead atoms. The number of rotatable bonds is 7. The van der Waals surface area contributed by atoms with Crippen LogP contribution in [0.2, 0.25) is 5.02 Å². The van der Waals surface area contributed by atoms with E-state index >= 15 is 0 Å². The van der Waals surface area contributed by atoms with E-state index in [0.29, 0.717) is 23.6 Å². The topological polar surface area (TPSA) is 84.0 Å². The maximum Gasteiger partial charge on any atom is 0.269 e. The average molecular weight is 403 g/mol. The molecule has 1 atom stereocenters. The number of aromatic nitrogens is 2. The van der Waals surface area contributed by atoms with Crippen LogP contribution in [0.4, 0.5) is 0 Å². The number of hydrogen-bond acceptors (Lipinski definition) is 5. The first-order valence-corrected chi connectivity index (χ1v) is 9.78. The van der Waals surface area contributed by atoms with Crippen molar-refractivity contribution in [3.63, 3.8) is 0 Å². The fourth-order valence-corrected chi connectivity index (χ4v) is 3.88. The van der Waals surface area contributed by atoms with Gasteiger partial charge >= 0.3 is 0 Å². The SMILES string of the molecule is CCC(=O)N[C@H](CNC(=O)c1ccccn1)Cc1nc2ccc(Cl)cc2s1. The minimum atomic E-state index is -0.276. The van der Waals surface area contributed by atoms with E-state index < -0.39 is 0 Å². The van der Waals surface area contributed by atoms with Crippen molar-refractivity contribution in [2.24, 2.45) is 0 Å². The molecule has 6 nitrogen and oxygen atoms in total. The largest absolute Gasteiger partial charge is 0.351 e. The van der Waals surface area contributed by atoms with Crippen LogP contribution in [0.15, 0.2) is 42.6 Å². The van der Waals surface area contributed by atoms with E-state index in [0.717, 1.165) is 15.2 Å². The van der Waals surface area contributed by atoms with Crippen LogP contribution in [-0.2, 0) is 11.2 Å². The number of carbonyl (C=O) groups is 2. The maximum atomic E-state index is 12.2. The Balaban J connectivity index is 1.70. The number of hydrogen-bond donors (Lipinski definition) is 2. The fourth-order valence-electron chi connectivity index (χ4n) is 2.55. The van der Waals surface area contributed by atoms with Crippen LogP contribution in [0.25, 0.3) is 10.2 Å². The van der Waals surface area contributed by atoms with E-state index in [2.05, 4.69) is 20.6 Å². The average Bonchev–Trinajstić information content (AvgIpc) is 3.07. The Morgan fingerprint density at radius 2 is 2.11 bits per heavy atom. The minimum Gasteiger partial charge on any atom is -0.351 e. The molecule has 1 aromatic carbocycles. The number of halogens is 1. The molecule has 2 N–H and O–H groups in total. The molecular weight excluding hydrogens is 384 g/mol. The Hall–Kier alpha value is -2.51. The third-order valence-corrected chi connectivity index (χ3v) is 5.18. The highest BCUT2D eigenvalue weighted by atomic mass is 35.5. The summed E-state index contributed by atoms with van der Waals surface area (Å²) in [5.74, 6) is -0.348. The zero-order chi connectivity index (χ0) is 19.2. The number of carbonyl (C=O) groups excluding carboxylic acids is 2. The first-order chi connectivity index (χ1) is 13.0. The van der Waals surface area contributed by atoms with Gasteiger partial charge < -0.3 is 10.6 Å². The van der Waals surface area contributed by atoms with Crippen molar-refractivity contribution in [1.82, 2.24) is 20.6 Å². The number of thiazole rings is 1. The molecule has 0 saturated carbocycles. The highest BCUT2D eigenvalue weighted by Crippen LogP contribution is 2.25. The Labute approximate surface area is 166 Å². The molecule has 0 unspecified atom stereocenters. The summed E-state index contributed by atoms with van der Waals surface area (Å²) in [6.45, 7) is 2.08. The van der Waals surface area contributed by atoms with Crippen LogP contribution in [0, 0.1) is 0 Å². The van der Waals surface area contributed by atoms with E-state index in [4.69, 9.17) is 11.6 Å². The van der Waals surface area contributed by atoms with Crippen LogP contribution in [0.1, 0.15) is 28.8 Å². The Morgan fingerprint density at radius 3 is 2.85 bits per heavy atom. The van der Waals surface area contributed by atoms with E-state index in [9.17, 15) is 9.59 Å². The van der Waals surface area contributed by atoms with Gasteiger partial charge in [-0.25, -0.2) is 4.98 Å². The summed E-state index contributed by atoms with van der Waals surface area (Å²) in [5.41, 5.74) is 1.21. The summed E-state index contributed by atoms with van der Waals surface area (Å²) < 4.78 is 0.996. The van der Waals surface area contributed by atoms with Crippen molar-refractivity contribution < 1.29 is 9.59 Å². The second-order valence-corrected chi connectivity index (χ2v) is 7.52. The molecule has 0 fully saturated rings. The third-order valence-electron chi connectivity index (χ3n) is 3.91. The van der Waals surface area contributed by atoms with E-state index in [1.54, 1.807) is 37.4 Å². The lowest BCUT2D eigenvalue weighted by Gasteiger charge is -2.18. The van der Waals surface area contributed by atoms with Gasteiger partial charge in [0.2, 0.25) is 5.91 Å². The van der Waals surface area contributed by atoms with Crippen molar-refractivity contribution in [1.29, 1.82) is 0 Å². The van der Waals surface area contributed by atoms with Gasteiger partial charge in [0.15, 0.2) is 0 Å². The fraction of sp³-hybridized carbons (Fsp3) is 0.263. The number of nitrogens with zero attached hydrogens (tertiary/aromatic N) is 2. The summed E-state index contributed by atoms with van der Waals surface area (Å²) in [6.07, 6.45) is 2.46. The highest BCUT2D eigenvalue weighted by Gasteiger charge is 2.17. The van der Waals surface area contributed by atoms with Gasteiger partial charge in [0.05, 0.1) is 21.3 Å². The van der Waals surface area contributed by atoms with Gasteiger partial charge in [-0.3, -0.25) is 14.6 Å². The van der Waals surface area contributed by atoms with Crippen molar-refractivity contribution in [2.75, 3.05) is 6.54 Å². The van der Waals surface area contributed by atoms with Gasteiger partial charge in [0, 0.05) is 30.6 Å². The number of fused-ring (bicyclic) bond motifs is 1. The predicted molar refractivity (Wildman–Crippen MR) is 107 cm³/mol. The summed E-state index contributed by atoms with van der Waals surface area (Å²) in [6, 6.07) is 10.4. The van der Waals surface area contributed by atoms with Crippen LogP contribution >= 0.6 is 22.9 Å². The molecule has 2 aromatic heterocycles. The molecule has 0 spiro atoms. The normalized spacial score (nSPS) is 11.9. The zero-order valence-electron chi connectivity index (χ0n) is 14.7. The van der Waals surface area contributed by atoms with Crippen LogP contribution in [-0.4, -0.2) is 34.4 Å². The Bertz CT molecular complexity index is 945. The minimum absolute atomic E-state index is 0.0729. The van der Waals surface area contributed by atoms with Gasteiger partial charge in [0.25, 0.3) is 5.91 Å². The summed E-state index contributed by atoms with van der Waals surface area (Å²) in [7, 11) is 0. The van der Waals surface area contributed by atoms with Crippen molar-refractivity contribution >= 4 is 45.0 Å². The summed E-state index contributed by atoms with van der Waals surface area (Å²) >= 11 is 7.57. The predicted octanol–water partition coefficient (Wildman–Crippen LogP) is 3.21. The van der Waals surface area contributed by atoms with E-state index in [-0.39, 0.29) is 24.4 Å². The molecule has 0 aliphatic rings. The van der Waals surface area contributed by atoms with Crippen LogP contribution in [0.5, 0.6) is 0 Å². The second kappa shape index (κ2) is 8.92. The van der Waals surface area contributed by atoms with Gasteiger partial charge in [-0.1, -0.05) is 24.6 Å². The van der Waals surface area contributed by atoms with Crippen molar-refractivity contribution in [2.45, 2.75) is 25.8 Å². The number of amides is 2. The summed E-state index contributed by atoms with van der Waals surface area (Å²) in [4.78, 5) is 32.7. The first kappa shape index (κ1) is 19.3. The third kappa shape index (κ3) is 5.24. The number of nitrogens with one attached hydrogen (secondary N) is 2. The Morgan fingerprint density at radius 1 is 1.26 bits per heavy atom. The van der Waals surface area contributed by atoms with E-state index in [1.807, 2.05) is 12.1 Å². The first-order valence-electron chi connectivity index (χ1n) is 8.58. The molecule has 140 valence electrons. The second-order valence-electron chi connectivity index (χ2n) is 5.97. The molecule has 27 heavy (non-hydrogen) atoms. The van der Waals surface area contributed by atoms with Crippen LogP contribution < -0.4 is 10.6 Å². The van der Waals surface area contributed by atoms with Crippen molar-refractivity contribution in [3.8, 4) is 0 Å². The quantitative estimate of drug-likeness (QED) is 0.635. The molecule has 0 aliphatic heterocycles. The maximum absolute atomic E-state index is 12.2. The number of benzene rings is 1. The van der Waals surface area contributed by atoms with Gasteiger partial charge in [0.1, 0.15) is 5.69 Å². The molecule has 3 aromatic rings. The molecule has 2 heterocycles. The molecular formula is C19H19ClN4O2S. The van der Waals surface area contributed by atoms with Gasteiger partial charge in [-0.05, 0) is 30.3 Å².